The molecule has 0 aromatic carbocycles. The van der Waals surface area contributed by atoms with E-state index >= 15 is 0 Å². The van der Waals surface area contributed by atoms with E-state index in [-0.39, 0.29) is 0 Å². The molecule has 0 spiro atoms. The van der Waals surface area contributed by atoms with Gasteiger partial charge in [-0.2, -0.15) is 0 Å². The smallest absolute Gasteiger partial charge is 0.175 e. The molecule has 2 rings (SSSR count). The summed E-state index contributed by atoms with van der Waals surface area (Å²) in [5.41, 5.74) is 0.720. The second kappa shape index (κ2) is 1.62. The molecule has 0 bridgehead atoms. The van der Waals surface area contributed by atoms with Crippen LogP contribution in [0.1, 0.15) is 0 Å². The van der Waals surface area contributed by atoms with Gasteiger partial charge < -0.3 is 0 Å². The summed E-state index contributed by atoms with van der Waals surface area (Å²) in [4.78, 5) is 12.0. The molecule has 1 aromatic heterocycles. The minimum Gasteiger partial charge on any atom is -0.257 e. The molecule has 0 saturated carbocycles. The first kappa shape index (κ1) is 4.61. The van der Waals surface area contributed by atoms with Crippen LogP contribution in [-0.2, 0) is 0 Å². The monoisotopic (exact) mass is 118 g/mol. The van der Waals surface area contributed by atoms with Crippen molar-refractivity contribution in [3.05, 3.63) is 29.2 Å². The summed E-state index contributed by atoms with van der Waals surface area (Å²) >= 11 is 0. The molecular formula is C6H4N3. The Bertz CT molecular complexity index is 295. The summed E-state index contributed by atoms with van der Waals surface area (Å²) in [6.07, 6.45) is 1.67. The van der Waals surface area contributed by atoms with Crippen molar-refractivity contribution in [2.75, 3.05) is 6.67 Å². The van der Waals surface area contributed by atoms with Crippen molar-refractivity contribution in [1.82, 2.24) is 4.98 Å². The molecule has 43 valence electrons. The molecular weight excluding hydrogens is 114 g/mol. The lowest BCUT2D eigenvalue weighted by Crippen LogP contribution is -2.24. The average molecular weight is 118 g/mol. The van der Waals surface area contributed by atoms with Crippen molar-refractivity contribution >= 4 is 0 Å². The van der Waals surface area contributed by atoms with Gasteiger partial charge in [-0.15, -0.1) is 0 Å². The molecule has 1 aliphatic heterocycles. The summed E-state index contributed by atoms with van der Waals surface area (Å²) in [6, 6.07) is 4.67. The van der Waals surface area contributed by atoms with Crippen LogP contribution in [0.4, 0.5) is 0 Å². The Balaban J connectivity index is 2.97. The molecule has 0 fully saturated rings. The fourth-order valence-electron chi connectivity index (χ4n) is 0.755. The van der Waals surface area contributed by atoms with Crippen molar-refractivity contribution in [2.45, 2.75) is 0 Å². The van der Waals surface area contributed by atoms with Gasteiger partial charge in [0.1, 0.15) is 12.0 Å². The van der Waals surface area contributed by atoms with Gasteiger partial charge in [0.05, 0.1) is 0 Å². The van der Waals surface area contributed by atoms with Crippen molar-refractivity contribution in [1.29, 1.82) is 0 Å². The Morgan fingerprint density at radius 1 is 1.44 bits per heavy atom. The average Bonchev–Trinajstić information content (AvgIpc) is 2.33. The SMILES string of the molecule is [c]1ccnc2c1=NCN=2. The Morgan fingerprint density at radius 3 is 3.33 bits per heavy atom. The van der Waals surface area contributed by atoms with E-state index in [0.29, 0.717) is 6.67 Å². The lowest BCUT2D eigenvalue weighted by atomic mass is 10.5. The third kappa shape index (κ3) is 0.614. The highest BCUT2D eigenvalue weighted by atomic mass is 15.0. The van der Waals surface area contributed by atoms with Crippen molar-refractivity contribution in [3.8, 4) is 0 Å². The van der Waals surface area contributed by atoms with Gasteiger partial charge in [0.2, 0.25) is 0 Å². The number of nitrogens with zero attached hydrogens (tertiary/aromatic N) is 3. The topological polar surface area (TPSA) is 37.6 Å². The van der Waals surface area contributed by atoms with Crippen LogP contribution < -0.4 is 10.8 Å². The van der Waals surface area contributed by atoms with Gasteiger partial charge in [0.15, 0.2) is 5.49 Å². The number of pyridine rings is 1. The van der Waals surface area contributed by atoms with Gasteiger partial charge in [-0.3, -0.25) is 4.99 Å². The van der Waals surface area contributed by atoms with E-state index in [1.165, 1.54) is 0 Å². The van der Waals surface area contributed by atoms with E-state index in [4.69, 9.17) is 0 Å². The normalized spacial score (nSPS) is 13.8. The molecule has 0 saturated heterocycles. The first-order chi connectivity index (χ1) is 4.47. The predicted molar refractivity (Wildman–Crippen MR) is 30.3 cm³/mol. The minimum atomic E-state index is 0.517. The number of hydrogen-bond donors (Lipinski definition) is 0. The first-order valence-corrected chi connectivity index (χ1v) is 2.68. The lowest BCUT2D eigenvalue weighted by Gasteiger charge is -1.74. The summed E-state index contributed by atoms with van der Waals surface area (Å²) in [5, 5.41) is 0.789. The zero-order valence-electron chi connectivity index (χ0n) is 4.70. The zero-order chi connectivity index (χ0) is 6.10. The van der Waals surface area contributed by atoms with Gasteiger partial charge in [-0.05, 0) is 6.07 Å². The highest BCUT2D eigenvalue weighted by molar-refractivity contribution is 4.90. The Morgan fingerprint density at radius 2 is 2.44 bits per heavy atom. The van der Waals surface area contributed by atoms with Crippen LogP contribution in [0.25, 0.3) is 0 Å². The number of hydrogen-bond acceptors (Lipinski definition) is 3. The maximum Gasteiger partial charge on any atom is 0.175 e. The van der Waals surface area contributed by atoms with Crippen molar-refractivity contribution < 1.29 is 0 Å². The van der Waals surface area contributed by atoms with Crippen LogP contribution in [0.2, 0.25) is 0 Å². The van der Waals surface area contributed by atoms with Crippen LogP contribution in [0, 0.1) is 6.07 Å². The highest BCUT2D eigenvalue weighted by Crippen LogP contribution is 1.73. The summed E-state index contributed by atoms with van der Waals surface area (Å²) in [6.45, 7) is 0.517. The second-order valence-corrected chi connectivity index (χ2v) is 1.72. The quantitative estimate of drug-likeness (QED) is 0.434. The fraction of sp³-hybridized carbons (Fsp3) is 0.167. The predicted octanol–water partition coefficient (Wildman–Crippen LogP) is -0.908. The molecule has 0 aliphatic carbocycles. The largest absolute Gasteiger partial charge is 0.257 e. The molecule has 1 radical (unpaired) electrons. The summed E-state index contributed by atoms with van der Waals surface area (Å²) < 4.78 is 0. The van der Waals surface area contributed by atoms with Gasteiger partial charge >= 0.3 is 0 Å². The van der Waals surface area contributed by atoms with Crippen molar-refractivity contribution in [3.63, 3.8) is 0 Å². The molecule has 3 nitrogen and oxygen atoms in total. The lowest BCUT2D eigenvalue weighted by molar-refractivity contribution is 1.04. The van der Waals surface area contributed by atoms with Gasteiger partial charge in [0, 0.05) is 12.3 Å². The Hall–Kier alpha value is -1.25. The van der Waals surface area contributed by atoms with Crippen LogP contribution >= 0.6 is 0 Å². The second-order valence-electron chi connectivity index (χ2n) is 1.72. The van der Waals surface area contributed by atoms with Gasteiger partial charge in [-0.25, -0.2) is 9.98 Å². The fourth-order valence-corrected chi connectivity index (χ4v) is 0.755. The third-order valence-corrected chi connectivity index (χ3v) is 1.15. The molecule has 1 aromatic rings. The van der Waals surface area contributed by atoms with Gasteiger partial charge in [0.25, 0.3) is 0 Å². The third-order valence-electron chi connectivity index (χ3n) is 1.15. The number of fused-ring (bicyclic) bond motifs is 1. The van der Waals surface area contributed by atoms with E-state index in [1.807, 2.05) is 0 Å². The van der Waals surface area contributed by atoms with Crippen LogP contribution in [-0.4, -0.2) is 11.7 Å². The van der Waals surface area contributed by atoms with Crippen LogP contribution in [0.3, 0.4) is 0 Å². The molecule has 0 amide bonds. The summed E-state index contributed by atoms with van der Waals surface area (Å²) in [7, 11) is 0. The highest BCUT2D eigenvalue weighted by Gasteiger charge is 1.92. The molecule has 0 atom stereocenters. The molecule has 0 N–H and O–H groups in total. The van der Waals surface area contributed by atoms with E-state index in [2.05, 4.69) is 21.0 Å². The van der Waals surface area contributed by atoms with Crippen molar-refractivity contribution in [2.24, 2.45) is 9.98 Å². The van der Waals surface area contributed by atoms with E-state index in [9.17, 15) is 0 Å². The molecule has 9 heavy (non-hydrogen) atoms. The molecule has 1 aliphatic rings. The van der Waals surface area contributed by atoms with Gasteiger partial charge in [-0.1, -0.05) is 0 Å². The number of aromatic nitrogens is 1. The zero-order valence-corrected chi connectivity index (χ0v) is 4.70. The Kier molecular flexibility index (Phi) is 0.828. The first-order valence-electron chi connectivity index (χ1n) is 2.68. The minimum absolute atomic E-state index is 0.517. The Labute approximate surface area is 51.8 Å². The van der Waals surface area contributed by atoms with Crippen LogP contribution in [0.5, 0.6) is 0 Å². The molecule has 2 heterocycles. The maximum atomic E-state index is 4.01. The van der Waals surface area contributed by atoms with E-state index in [0.717, 1.165) is 10.8 Å². The van der Waals surface area contributed by atoms with Crippen LogP contribution in [0.15, 0.2) is 22.2 Å². The molecule has 0 unspecified atom stereocenters. The maximum absolute atomic E-state index is 4.01. The van der Waals surface area contributed by atoms with E-state index in [1.54, 1.807) is 12.3 Å². The number of rotatable bonds is 0. The summed E-state index contributed by atoms with van der Waals surface area (Å²) in [5.74, 6) is 0. The molecule has 3 heteroatoms. The standard InChI is InChI=1S/C6H4N3/c1-2-5-6(7-3-1)9-4-8-5/h1,3H,4H2. The van der Waals surface area contributed by atoms with E-state index < -0.39 is 0 Å².